The summed E-state index contributed by atoms with van der Waals surface area (Å²) in [4.78, 5) is 15.8. The van der Waals surface area contributed by atoms with Crippen molar-refractivity contribution in [2.75, 3.05) is 19.6 Å². The molecule has 190 valence electrons. The second-order valence-corrected chi connectivity index (χ2v) is 9.85. The minimum atomic E-state index is -0.000198. The molecule has 8 nitrogen and oxygen atoms in total. The third kappa shape index (κ3) is 5.28. The van der Waals surface area contributed by atoms with Crippen molar-refractivity contribution in [2.45, 2.75) is 25.8 Å². The Labute approximate surface area is 216 Å². The number of guanidine groups is 1. The molecule has 0 radical (unpaired) electrons. The van der Waals surface area contributed by atoms with Crippen molar-refractivity contribution in [3.05, 3.63) is 83.6 Å². The largest absolute Gasteiger partial charge is 0.384 e. The number of carbonyl (C=O) groups is 1. The van der Waals surface area contributed by atoms with Crippen LogP contribution in [-0.4, -0.2) is 46.8 Å². The molecule has 0 aliphatic carbocycles. The van der Waals surface area contributed by atoms with Crippen molar-refractivity contribution in [3.63, 3.8) is 0 Å². The molecule has 1 aliphatic heterocycles. The Morgan fingerprint density at radius 1 is 0.919 bits per heavy atom. The minimum absolute atomic E-state index is 0.000198. The molecule has 1 fully saturated rings. The smallest absolute Gasteiger partial charge is 0.270 e. The summed E-state index contributed by atoms with van der Waals surface area (Å²) in [6.07, 6.45) is 2.81. The van der Waals surface area contributed by atoms with Crippen molar-refractivity contribution in [1.82, 2.24) is 14.8 Å². The van der Waals surface area contributed by atoms with Crippen molar-refractivity contribution in [3.8, 4) is 0 Å². The van der Waals surface area contributed by atoms with Crippen LogP contribution in [0.3, 0.4) is 0 Å². The van der Waals surface area contributed by atoms with Gasteiger partial charge in [-0.1, -0.05) is 48.5 Å². The summed E-state index contributed by atoms with van der Waals surface area (Å²) >= 11 is 0. The van der Waals surface area contributed by atoms with Gasteiger partial charge in [-0.25, -0.2) is 0 Å². The molecule has 0 atom stereocenters. The maximum absolute atomic E-state index is 13.8. The lowest BCUT2D eigenvalue weighted by atomic mass is 9.93. The molecule has 3 aromatic carbocycles. The zero-order valence-corrected chi connectivity index (χ0v) is 20.8. The molecule has 0 saturated carbocycles. The highest BCUT2D eigenvalue weighted by Crippen LogP contribution is 2.27. The number of likely N-dealkylation sites (tertiary alicyclic amines) is 1. The van der Waals surface area contributed by atoms with Gasteiger partial charge >= 0.3 is 0 Å². The summed E-state index contributed by atoms with van der Waals surface area (Å²) in [6.45, 7) is 2.65. The number of piperidine rings is 1. The summed E-state index contributed by atoms with van der Waals surface area (Å²) in [5.41, 5.74) is 14.5. The van der Waals surface area contributed by atoms with E-state index in [0.717, 1.165) is 41.1 Å². The van der Waals surface area contributed by atoms with Crippen LogP contribution in [0.1, 0.15) is 40.9 Å². The van der Waals surface area contributed by atoms with Crippen molar-refractivity contribution < 1.29 is 4.79 Å². The van der Waals surface area contributed by atoms with Gasteiger partial charge in [-0.05, 0) is 59.7 Å². The van der Waals surface area contributed by atoms with E-state index < -0.39 is 0 Å². The van der Waals surface area contributed by atoms with Gasteiger partial charge in [-0.15, -0.1) is 0 Å². The monoisotopic (exact) mass is 495 g/mol. The number of carbonyl (C=O) groups excluding carboxylic acids is 1. The molecule has 1 saturated heterocycles. The van der Waals surface area contributed by atoms with E-state index in [1.165, 1.54) is 5.39 Å². The highest BCUT2D eigenvalue weighted by atomic mass is 16.2. The Morgan fingerprint density at radius 2 is 1.65 bits per heavy atom. The van der Waals surface area contributed by atoms with E-state index in [9.17, 15) is 4.79 Å². The molecule has 2 heterocycles. The van der Waals surface area contributed by atoms with Crippen molar-refractivity contribution in [2.24, 2.45) is 17.4 Å². The molecule has 7 N–H and O–H groups in total. The molecule has 1 amide bonds. The molecular formula is C29H33N7O. The first-order valence-corrected chi connectivity index (χ1v) is 12.7. The number of nitrogens with zero attached hydrogens (tertiary/aromatic N) is 2. The number of nitrogen functional groups attached to an aromatic ring is 1. The molecule has 1 aliphatic rings. The fourth-order valence-electron chi connectivity index (χ4n) is 5.29. The molecule has 0 unspecified atom stereocenters. The highest BCUT2D eigenvalue weighted by Gasteiger charge is 2.26. The van der Waals surface area contributed by atoms with E-state index in [1.807, 2.05) is 41.3 Å². The summed E-state index contributed by atoms with van der Waals surface area (Å²) in [7, 11) is 0. The van der Waals surface area contributed by atoms with Crippen LogP contribution in [0.2, 0.25) is 0 Å². The first-order chi connectivity index (χ1) is 17.9. The number of hydrogen-bond acceptors (Lipinski definition) is 3. The second-order valence-electron chi connectivity index (χ2n) is 9.85. The molecule has 37 heavy (non-hydrogen) atoms. The lowest BCUT2D eigenvalue weighted by Crippen LogP contribution is -2.40. The van der Waals surface area contributed by atoms with E-state index in [-0.39, 0.29) is 17.7 Å². The number of nitrogens with one attached hydrogen (secondary N) is 3. The van der Waals surface area contributed by atoms with Gasteiger partial charge in [0.15, 0.2) is 5.96 Å². The maximum Gasteiger partial charge on any atom is 0.270 e. The standard InChI is InChI=1S/C29H33N7O/c30-27(31)24-8-7-23-16-26(28(37)35-13-10-19(11-14-35)9-12-34-29(32)33)36(25(23)17-24)18-20-5-6-21-3-1-2-4-22(21)15-20/h1-8,15-17,19H,9-14,18H2,(H3,30,31)(H4,32,33,34). The number of hydrogen-bond donors (Lipinski definition) is 5. The fraction of sp³-hybridized carbons (Fsp3) is 0.276. The quantitative estimate of drug-likeness (QED) is 0.196. The van der Waals surface area contributed by atoms with Crippen LogP contribution in [0.25, 0.3) is 21.7 Å². The number of aromatic nitrogens is 1. The zero-order chi connectivity index (χ0) is 25.9. The normalized spacial score (nSPS) is 14.2. The molecular weight excluding hydrogens is 462 g/mol. The van der Waals surface area contributed by atoms with Crippen LogP contribution < -0.4 is 16.8 Å². The highest BCUT2D eigenvalue weighted by molar-refractivity contribution is 6.02. The topological polar surface area (TPSA) is 137 Å². The number of rotatable bonds is 7. The Morgan fingerprint density at radius 3 is 2.38 bits per heavy atom. The first-order valence-electron chi connectivity index (χ1n) is 12.7. The molecule has 4 aromatic rings. The summed E-state index contributed by atoms with van der Waals surface area (Å²) in [5.74, 6) is 0.550. The molecule has 5 rings (SSSR count). The van der Waals surface area contributed by atoms with Crippen LogP contribution in [-0.2, 0) is 6.54 Å². The summed E-state index contributed by atoms with van der Waals surface area (Å²) in [6, 6.07) is 22.3. The van der Waals surface area contributed by atoms with Gasteiger partial charge in [0, 0.05) is 42.6 Å². The fourth-order valence-corrected chi connectivity index (χ4v) is 5.29. The third-order valence-corrected chi connectivity index (χ3v) is 7.36. The Hall–Kier alpha value is -4.33. The van der Waals surface area contributed by atoms with Gasteiger partial charge in [-0.2, -0.15) is 0 Å². The molecule has 8 heteroatoms. The van der Waals surface area contributed by atoms with E-state index >= 15 is 0 Å². The second kappa shape index (κ2) is 10.3. The molecule has 0 spiro atoms. The van der Waals surface area contributed by atoms with E-state index in [0.29, 0.717) is 43.4 Å². The predicted molar refractivity (Wildman–Crippen MR) is 149 cm³/mol. The van der Waals surface area contributed by atoms with Gasteiger partial charge in [0.05, 0.1) is 0 Å². The van der Waals surface area contributed by atoms with Crippen molar-refractivity contribution >= 4 is 39.4 Å². The predicted octanol–water partition coefficient (Wildman–Crippen LogP) is 3.85. The minimum Gasteiger partial charge on any atom is -0.384 e. The number of fused-ring (bicyclic) bond motifs is 2. The Kier molecular flexibility index (Phi) is 6.81. The van der Waals surface area contributed by atoms with Gasteiger partial charge in [-0.3, -0.25) is 15.6 Å². The number of benzene rings is 3. The van der Waals surface area contributed by atoms with Gasteiger partial charge < -0.3 is 26.3 Å². The number of amidine groups is 1. The average molecular weight is 496 g/mol. The van der Waals surface area contributed by atoms with Gasteiger partial charge in [0.1, 0.15) is 11.5 Å². The lowest BCUT2D eigenvalue weighted by molar-refractivity contribution is 0.0677. The third-order valence-electron chi connectivity index (χ3n) is 7.36. The van der Waals surface area contributed by atoms with Gasteiger partial charge in [0.25, 0.3) is 5.91 Å². The maximum atomic E-state index is 13.8. The van der Waals surface area contributed by atoms with Crippen LogP contribution in [0.4, 0.5) is 0 Å². The SMILES string of the molecule is N=C(N)NCCC1CCN(C(=O)c2cc3ccc(C(=N)N)cc3n2Cc2ccc3ccccc3c2)CC1. The lowest BCUT2D eigenvalue weighted by Gasteiger charge is -2.32. The Bertz CT molecular complexity index is 1480. The summed E-state index contributed by atoms with van der Waals surface area (Å²) in [5, 5.41) is 21.4. The Balaban J connectivity index is 1.43. The van der Waals surface area contributed by atoms with E-state index in [4.69, 9.17) is 22.3 Å². The average Bonchev–Trinajstić information content (AvgIpc) is 3.26. The number of nitrogens with two attached hydrogens (primary N) is 2. The molecule has 1 aromatic heterocycles. The zero-order valence-electron chi connectivity index (χ0n) is 20.8. The van der Waals surface area contributed by atoms with Crippen LogP contribution in [0, 0.1) is 16.7 Å². The van der Waals surface area contributed by atoms with Crippen LogP contribution >= 0.6 is 0 Å². The molecule has 0 bridgehead atoms. The van der Waals surface area contributed by atoms with Crippen LogP contribution in [0.5, 0.6) is 0 Å². The first kappa shape index (κ1) is 24.4. The van der Waals surface area contributed by atoms with Crippen molar-refractivity contribution in [1.29, 1.82) is 10.8 Å². The van der Waals surface area contributed by atoms with E-state index in [1.54, 1.807) is 0 Å². The van der Waals surface area contributed by atoms with Gasteiger partial charge in [0.2, 0.25) is 0 Å². The number of amides is 1. The van der Waals surface area contributed by atoms with Crippen LogP contribution in [0.15, 0.2) is 66.7 Å². The van der Waals surface area contributed by atoms with E-state index in [2.05, 4.69) is 40.2 Å². The summed E-state index contributed by atoms with van der Waals surface area (Å²) < 4.78 is 2.07.